The van der Waals surface area contributed by atoms with Crippen molar-refractivity contribution < 1.29 is 23.8 Å². The van der Waals surface area contributed by atoms with Crippen LogP contribution < -0.4 is 14.9 Å². The average molecular weight is 631 g/mol. The number of furan rings is 1. The van der Waals surface area contributed by atoms with E-state index in [-0.39, 0.29) is 18.1 Å². The Bertz CT molecular complexity index is 1420. The number of hydrazone groups is 1. The zero-order valence-electron chi connectivity index (χ0n) is 20.4. The lowest BCUT2D eigenvalue weighted by Crippen LogP contribution is -2.16. The van der Waals surface area contributed by atoms with Crippen LogP contribution in [0.3, 0.4) is 0 Å². The monoisotopic (exact) mass is 629 g/mol. The van der Waals surface area contributed by atoms with Crippen LogP contribution in [0.1, 0.15) is 40.2 Å². The van der Waals surface area contributed by atoms with Gasteiger partial charge in [0.2, 0.25) is 0 Å². The van der Waals surface area contributed by atoms with E-state index < -0.39 is 5.91 Å². The molecule has 1 amide bonds. The highest BCUT2D eigenvalue weighted by Crippen LogP contribution is 2.41. The van der Waals surface area contributed by atoms with Crippen LogP contribution >= 0.6 is 31.9 Å². The molecule has 0 saturated carbocycles. The molecule has 0 spiro atoms. The van der Waals surface area contributed by atoms with Crippen molar-refractivity contribution >= 4 is 44.0 Å². The van der Waals surface area contributed by atoms with Crippen LogP contribution in [-0.4, -0.2) is 28.4 Å². The van der Waals surface area contributed by atoms with Gasteiger partial charge in [0.25, 0.3) is 0 Å². The molecule has 2 aromatic heterocycles. The number of phenolic OH excluding ortho intramolecular Hbond substituents is 1. The topological polar surface area (TPSA) is 98.2 Å². The number of hydrogen-bond donors (Lipinski definition) is 2. The van der Waals surface area contributed by atoms with Gasteiger partial charge in [-0.25, -0.2) is 5.43 Å². The van der Waals surface area contributed by atoms with Crippen molar-refractivity contribution in [2.75, 3.05) is 6.61 Å². The number of aromatic hydroxyl groups is 1. The molecule has 2 N–H and O–H groups in total. The normalized spacial score (nSPS) is 11.2. The number of halogens is 2. The number of nitrogens with zero attached hydrogens (tertiary/aromatic N) is 2. The van der Waals surface area contributed by atoms with Gasteiger partial charge in [0.05, 0.1) is 17.3 Å². The van der Waals surface area contributed by atoms with E-state index in [2.05, 4.69) is 72.9 Å². The van der Waals surface area contributed by atoms with E-state index >= 15 is 0 Å². The van der Waals surface area contributed by atoms with Crippen LogP contribution in [0.4, 0.5) is 0 Å². The molecule has 0 radical (unpaired) electrons. The SMILES string of the molecule is CCOc1cc(/C=N/NC(=O)c2ccc(COc3ccc(-n4c(C)ccc4C)cc3)o2)c(Br)c(Br)c1O. The molecule has 0 unspecified atom stereocenters. The summed E-state index contributed by atoms with van der Waals surface area (Å²) in [6.07, 6.45) is 1.43. The number of amides is 1. The Balaban J connectivity index is 1.34. The number of aryl methyl sites for hydroxylation is 2. The Morgan fingerprint density at radius 3 is 2.43 bits per heavy atom. The van der Waals surface area contributed by atoms with Gasteiger partial charge in [0.15, 0.2) is 17.3 Å². The largest absolute Gasteiger partial charge is 0.503 e. The standard InChI is InChI=1S/C27H25Br2N3O5/c1-4-35-23-13-18(24(28)25(29)26(23)33)14-30-31-27(34)22-12-11-21(37-22)15-36-20-9-7-19(8-10-20)32-16(2)5-6-17(32)3/h5-14,33H,4,15H2,1-3H3,(H,31,34)/b30-14+. The summed E-state index contributed by atoms with van der Waals surface area (Å²) < 4.78 is 20.0. The fourth-order valence-corrected chi connectivity index (χ4v) is 4.51. The highest BCUT2D eigenvalue weighted by atomic mass is 79.9. The van der Waals surface area contributed by atoms with Gasteiger partial charge in [-0.1, -0.05) is 0 Å². The Morgan fingerprint density at radius 1 is 1.05 bits per heavy atom. The van der Waals surface area contributed by atoms with Crippen molar-refractivity contribution in [3.8, 4) is 22.9 Å². The molecule has 4 aromatic rings. The van der Waals surface area contributed by atoms with Crippen molar-refractivity contribution in [1.82, 2.24) is 9.99 Å². The molecule has 37 heavy (non-hydrogen) atoms. The third-order valence-corrected chi connectivity index (χ3v) is 7.63. The molecule has 10 heteroatoms. The minimum Gasteiger partial charge on any atom is -0.503 e. The number of aromatic nitrogens is 1. The molecule has 0 atom stereocenters. The molecule has 0 fully saturated rings. The first kappa shape index (κ1) is 26.6. The minimum atomic E-state index is -0.511. The van der Waals surface area contributed by atoms with Crippen molar-refractivity contribution in [2.45, 2.75) is 27.4 Å². The van der Waals surface area contributed by atoms with E-state index in [1.165, 1.54) is 6.21 Å². The van der Waals surface area contributed by atoms with E-state index in [9.17, 15) is 9.90 Å². The van der Waals surface area contributed by atoms with Crippen LogP contribution in [0.2, 0.25) is 0 Å². The number of carbonyl (C=O) groups excluding carboxylic acids is 1. The molecule has 0 aliphatic rings. The van der Waals surface area contributed by atoms with Crippen LogP contribution in [0.25, 0.3) is 5.69 Å². The third kappa shape index (κ3) is 6.08. The first-order valence-electron chi connectivity index (χ1n) is 11.4. The van der Waals surface area contributed by atoms with E-state index in [0.29, 0.717) is 38.4 Å². The quantitative estimate of drug-likeness (QED) is 0.159. The summed E-state index contributed by atoms with van der Waals surface area (Å²) in [4.78, 5) is 12.5. The first-order chi connectivity index (χ1) is 17.8. The molecule has 0 aliphatic heterocycles. The summed E-state index contributed by atoms with van der Waals surface area (Å²) in [6.45, 7) is 6.51. The first-order valence-corrected chi connectivity index (χ1v) is 13.0. The maximum atomic E-state index is 12.5. The number of hydrogen-bond acceptors (Lipinski definition) is 6. The molecule has 0 saturated heterocycles. The van der Waals surface area contributed by atoms with E-state index in [4.69, 9.17) is 13.9 Å². The number of phenols is 1. The minimum absolute atomic E-state index is 0.0257. The second-order valence-electron chi connectivity index (χ2n) is 8.07. The summed E-state index contributed by atoms with van der Waals surface area (Å²) >= 11 is 6.70. The Morgan fingerprint density at radius 2 is 1.76 bits per heavy atom. The van der Waals surface area contributed by atoms with Gasteiger partial charge in [0, 0.05) is 27.1 Å². The Hall–Kier alpha value is -3.50. The fraction of sp³-hybridized carbons (Fsp3) is 0.185. The van der Waals surface area contributed by atoms with Gasteiger partial charge in [-0.3, -0.25) is 4.79 Å². The van der Waals surface area contributed by atoms with Gasteiger partial charge in [-0.2, -0.15) is 5.10 Å². The second kappa shape index (κ2) is 11.7. The number of nitrogens with one attached hydrogen (secondary N) is 1. The molecule has 0 aliphatic carbocycles. The number of ether oxygens (including phenoxy) is 2. The van der Waals surface area contributed by atoms with Crippen molar-refractivity contribution in [1.29, 1.82) is 0 Å². The molecular weight excluding hydrogens is 606 g/mol. The van der Waals surface area contributed by atoms with Crippen LogP contribution in [0.5, 0.6) is 17.2 Å². The molecule has 2 heterocycles. The van der Waals surface area contributed by atoms with Crippen molar-refractivity contribution in [2.24, 2.45) is 5.10 Å². The van der Waals surface area contributed by atoms with Gasteiger partial charge < -0.3 is 23.6 Å². The van der Waals surface area contributed by atoms with E-state index in [1.807, 2.05) is 31.2 Å². The van der Waals surface area contributed by atoms with E-state index in [1.54, 1.807) is 18.2 Å². The lowest BCUT2D eigenvalue weighted by Gasteiger charge is -2.11. The molecule has 0 bridgehead atoms. The average Bonchev–Trinajstić information content (AvgIpc) is 3.50. The third-order valence-electron chi connectivity index (χ3n) is 5.48. The van der Waals surface area contributed by atoms with Crippen molar-refractivity contribution in [3.63, 3.8) is 0 Å². The summed E-state index contributed by atoms with van der Waals surface area (Å²) in [7, 11) is 0. The van der Waals surface area contributed by atoms with Crippen molar-refractivity contribution in [3.05, 3.63) is 92.0 Å². The number of carbonyl (C=O) groups is 1. The summed E-state index contributed by atoms with van der Waals surface area (Å²) in [5.74, 6) is 1.05. The zero-order chi connectivity index (χ0) is 26.5. The summed E-state index contributed by atoms with van der Waals surface area (Å²) in [5, 5.41) is 14.1. The maximum absolute atomic E-state index is 12.5. The zero-order valence-corrected chi connectivity index (χ0v) is 23.6. The van der Waals surface area contributed by atoms with Crippen LogP contribution in [0, 0.1) is 13.8 Å². The van der Waals surface area contributed by atoms with Crippen LogP contribution in [0.15, 0.2) is 73.1 Å². The van der Waals surface area contributed by atoms with E-state index in [0.717, 1.165) is 17.1 Å². The Labute approximate surface area is 231 Å². The van der Waals surface area contributed by atoms with Crippen LogP contribution in [-0.2, 0) is 6.61 Å². The van der Waals surface area contributed by atoms with Gasteiger partial charge >= 0.3 is 5.91 Å². The van der Waals surface area contributed by atoms with Gasteiger partial charge in [-0.05, 0) is 107 Å². The highest BCUT2D eigenvalue weighted by Gasteiger charge is 2.15. The molecule has 192 valence electrons. The second-order valence-corrected chi connectivity index (χ2v) is 9.66. The molecule has 4 rings (SSSR count). The summed E-state index contributed by atoms with van der Waals surface area (Å²) in [5.41, 5.74) is 6.41. The smallest absolute Gasteiger partial charge is 0.307 e. The molecule has 8 nitrogen and oxygen atoms in total. The molecule has 2 aromatic carbocycles. The lowest BCUT2D eigenvalue weighted by molar-refractivity contribution is 0.0923. The maximum Gasteiger partial charge on any atom is 0.307 e. The van der Waals surface area contributed by atoms with Gasteiger partial charge in [-0.15, -0.1) is 0 Å². The predicted molar refractivity (Wildman–Crippen MR) is 148 cm³/mol. The lowest BCUT2D eigenvalue weighted by atomic mass is 10.2. The highest BCUT2D eigenvalue weighted by molar-refractivity contribution is 9.13. The van der Waals surface area contributed by atoms with Gasteiger partial charge in [0.1, 0.15) is 18.1 Å². The molecular formula is C27H25Br2N3O5. The number of benzene rings is 2. The predicted octanol–water partition coefficient (Wildman–Crippen LogP) is 6.66. The Kier molecular flexibility index (Phi) is 8.40. The number of rotatable bonds is 9. The fourth-order valence-electron chi connectivity index (χ4n) is 3.69. The summed E-state index contributed by atoms with van der Waals surface area (Å²) in [6, 6.07) is 16.8.